The Kier molecular flexibility index (Phi) is 9.29. The van der Waals surface area contributed by atoms with Gasteiger partial charge in [0.05, 0.1) is 25.9 Å². The van der Waals surface area contributed by atoms with Crippen molar-refractivity contribution in [2.45, 2.75) is 34.1 Å². The second kappa shape index (κ2) is 11.9. The highest BCUT2D eigenvalue weighted by molar-refractivity contribution is 7.18. The van der Waals surface area contributed by atoms with Crippen LogP contribution in [-0.4, -0.2) is 32.2 Å². The molecule has 7 nitrogen and oxygen atoms in total. The minimum atomic E-state index is -0.509. The molecule has 1 heterocycles. The molecule has 170 valence electrons. The number of carbonyl (C=O) groups excluding carboxylic acids is 2. The summed E-state index contributed by atoms with van der Waals surface area (Å²) in [6.45, 7) is 8.46. The molecule has 32 heavy (non-hydrogen) atoms. The van der Waals surface area contributed by atoms with Crippen molar-refractivity contribution in [2.24, 2.45) is 5.92 Å². The molecule has 8 heteroatoms. The number of esters is 1. The van der Waals surface area contributed by atoms with Gasteiger partial charge in [0.1, 0.15) is 15.9 Å². The topological polar surface area (TPSA) is 97.7 Å². The number of hydrogen-bond donors (Lipinski definition) is 1. The van der Waals surface area contributed by atoms with E-state index in [1.807, 2.05) is 12.1 Å². The second-order valence-electron chi connectivity index (χ2n) is 7.36. The highest BCUT2D eigenvalue weighted by Gasteiger charge is 2.21. The first-order valence-corrected chi connectivity index (χ1v) is 11.1. The minimum absolute atomic E-state index is 0.230. The van der Waals surface area contributed by atoms with Crippen LogP contribution in [0.3, 0.4) is 0 Å². The highest BCUT2D eigenvalue weighted by atomic mass is 32.1. The van der Waals surface area contributed by atoms with E-state index in [-0.39, 0.29) is 12.2 Å². The van der Waals surface area contributed by atoms with E-state index in [0.29, 0.717) is 39.5 Å². The largest absolute Gasteiger partial charge is 0.493 e. The van der Waals surface area contributed by atoms with E-state index in [2.05, 4.69) is 19.2 Å². The van der Waals surface area contributed by atoms with Gasteiger partial charge in [-0.2, -0.15) is 5.26 Å². The Morgan fingerprint density at radius 2 is 2.03 bits per heavy atom. The molecule has 0 saturated heterocycles. The van der Waals surface area contributed by atoms with E-state index in [9.17, 15) is 14.9 Å². The number of thiophene rings is 1. The molecule has 0 aliphatic carbocycles. The van der Waals surface area contributed by atoms with E-state index in [1.165, 1.54) is 6.08 Å². The molecule has 2 aromatic rings. The Bertz CT molecular complexity index is 1030. The summed E-state index contributed by atoms with van der Waals surface area (Å²) in [6.07, 6.45) is 3.93. The number of hydrogen-bond acceptors (Lipinski definition) is 7. The zero-order valence-electron chi connectivity index (χ0n) is 19.0. The standard InChI is InChI=1S/C24H28N2O5S/c1-6-30-24(28)22-16(4)18(14-25)23(32-22)26-21(27)10-8-17-7-9-19(20(13-17)29-5)31-12-11-15(2)3/h7-10,13,15H,6,11-12H2,1-5H3,(H,26,27)/b10-8+. The molecule has 1 aromatic carbocycles. The first-order chi connectivity index (χ1) is 15.3. The summed E-state index contributed by atoms with van der Waals surface area (Å²) in [5, 5.41) is 12.4. The molecule has 0 spiro atoms. The van der Waals surface area contributed by atoms with Gasteiger partial charge in [0, 0.05) is 6.08 Å². The fourth-order valence-corrected chi connectivity index (χ4v) is 3.82. The number of anilines is 1. The molecule has 0 atom stereocenters. The van der Waals surface area contributed by atoms with Crippen LogP contribution in [0.15, 0.2) is 24.3 Å². The van der Waals surface area contributed by atoms with Crippen molar-refractivity contribution in [3.05, 3.63) is 45.8 Å². The van der Waals surface area contributed by atoms with Gasteiger partial charge in [0.15, 0.2) is 11.5 Å². The number of rotatable bonds is 10. The lowest BCUT2D eigenvalue weighted by Gasteiger charge is -2.12. The van der Waals surface area contributed by atoms with Crippen LogP contribution in [0.5, 0.6) is 11.5 Å². The summed E-state index contributed by atoms with van der Waals surface area (Å²) >= 11 is 1.03. The number of nitrogens with zero attached hydrogens (tertiary/aromatic N) is 1. The van der Waals surface area contributed by atoms with Crippen molar-refractivity contribution in [3.8, 4) is 17.6 Å². The number of nitrogens with one attached hydrogen (secondary N) is 1. The summed E-state index contributed by atoms with van der Waals surface area (Å²) < 4.78 is 16.2. The summed E-state index contributed by atoms with van der Waals surface area (Å²) in [6, 6.07) is 7.45. The molecule has 0 saturated carbocycles. The maximum absolute atomic E-state index is 12.4. The van der Waals surface area contributed by atoms with E-state index in [1.54, 1.807) is 39.2 Å². The molecule has 0 radical (unpaired) electrons. The van der Waals surface area contributed by atoms with E-state index >= 15 is 0 Å². The van der Waals surface area contributed by atoms with Gasteiger partial charge in [-0.15, -0.1) is 11.3 Å². The summed E-state index contributed by atoms with van der Waals surface area (Å²) in [5.74, 6) is 0.841. The molecule has 0 aliphatic heterocycles. The smallest absolute Gasteiger partial charge is 0.348 e. The van der Waals surface area contributed by atoms with Crippen LogP contribution in [0, 0.1) is 24.2 Å². The van der Waals surface area contributed by atoms with Crippen LogP contribution in [0.1, 0.15) is 53.6 Å². The summed E-state index contributed by atoms with van der Waals surface area (Å²) in [5.41, 5.74) is 1.50. The van der Waals surface area contributed by atoms with Gasteiger partial charge in [-0.1, -0.05) is 19.9 Å². The zero-order chi connectivity index (χ0) is 23.7. The average Bonchev–Trinajstić information content (AvgIpc) is 3.07. The van der Waals surface area contributed by atoms with E-state index in [4.69, 9.17) is 14.2 Å². The van der Waals surface area contributed by atoms with Crippen LogP contribution < -0.4 is 14.8 Å². The van der Waals surface area contributed by atoms with Crippen molar-refractivity contribution < 1.29 is 23.8 Å². The van der Waals surface area contributed by atoms with Gasteiger partial charge in [0.2, 0.25) is 5.91 Å². The van der Waals surface area contributed by atoms with Crippen LogP contribution in [-0.2, 0) is 9.53 Å². The van der Waals surface area contributed by atoms with Crippen LogP contribution in [0.4, 0.5) is 5.00 Å². The molecule has 0 unspecified atom stereocenters. The monoisotopic (exact) mass is 456 g/mol. The summed E-state index contributed by atoms with van der Waals surface area (Å²) in [7, 11) is 1.56. The lowest BCUT2D eigenvalue weighted by Crippen LogP contribution is -2.07. The molecule has 0 aliphatic rings. The third kappa shape index (κ3) is 6.59. The Hall–Kier alpha value is -3.31. The third-order valence-corrected chi connectivity index (χ3v) is 5.71. The molecule has 0 fully saturated rings. The zero-order valence-corrected chi connectivity index (χ0v) is 19.8. The molecule has 0 bridgehead atoms. The van der Waals surface area contributed by atoms with Crippen molar-refractivity contribution in [2.75, 3.05) is 25.6 Å². The lowest BCUT2D eigenvalue weighted by atomic mass is 10.1. The molecular weight excluding hydrogens is 428 g/mol. The maximum Gasteiger partial charge on any atom is 0.348 e. The third-order valence-electron chi connectivity index (χ3n) is 4.52. The van der Waals surface area contributed by atoms with Gasteiger partial charge < -0.3 is 19.5 Å². The number of nitriles is 1. The van der Waals surface area contributed by atoms with Gasteiger partial charge in [-0.25, -0.2) is 4.79 Å². The fourth-order valence-electron chi connectivity index (χ4n) is 2.76. The molecule has 1 amide bonds. The SMILES string of the molecule is CCOC(=O)c1sc(NC(=O)/C=C/c2ccc(OCCC(C)C)c(OC)c2)c(C#N)c1C. The normalized spacial score (nSPS) is 10.8. The number of carbonyl (C=O) groups is 2. The molecular formula is C24H28N2O5S. The number of ether oxygens (including phenoxy) is 3. The van der Waals surface area contributed by atoms with Crippen molar-refractivity contribution in [1.82, 2.24) is 0 Å². The highest BCUT2D eigenvalue weighted by Crippen LogP contribution is 2.33. The quantitative estimate of drug-likeness (QED) is 0.390. The summed E-state index contributed by atoms with van der Waals surface area (Å²) in [4.78, 5) is 24.8. The Morgan fingerprint density at radius 1 is 1.28 bits per heavy atom. The first kappa shape index (κ1) is 25.0. The second-order valence-corrected chi connectivity index (χ2v) is 8.38. The van der Waals surface area contributed by atoms with Crippen LogP contribution >= 0.6 is 11.3 Å². The maximum atomic E-state index is 12.4. The lowest BCUT2D eigenvalue weighted by molar-refractivity contribution is -0.111. The van der Waals surface area contributed by atoms with Crippen molar-refractivity contribution in [1.29, 1.82) is 5.26 Å². The van der Waals surface area contributed by atoms with Crippen LogP contribution in [0.2, 0.25) is 0 Å². The van der Waals surface area contributed by atoms with Crippen molar-refractivity contribution >= 4 is 34.3 Å². The number of benzene rings is 1. The first-order valence-electron chi connectivity index (χ1n) is 10.3. The molecule has 2 rings (SSSR count). The van der Waals surface area contributed by atoms with Crippen molar-refractivity contribution in [3.63, 3.8) is 0 Å². The predicted molar refractivity (Wildman–Crippen MR) is 125 cm³/mol. The predicted octanol–water partition coefficient (Wildman–Crippen LogP) is 5.19. The van der Waals surface area contributed by atoms with Gasteiger partial charge in [-0.3, -0.25) is 4.79 Å². The van der Waals surface area contributed by atoms with Gasteiger partial charge in [0.25, 0.3) is 0 Å². The number of methoxy groups -OCH3 is 1. The van der Waals surface area contributed by atoms with E-state index < -0.39 is 11.9 Å². The van der Waals surface area contributed by atoms with Crippen LogP contribution in [0.25, 0.3) is 6.08 Å². The fraction of sp³-hybridized carbons (Fsp3) is 0.375. The average molecular weight is 457 g/mol. The van der Waals surface area contributed by atoms with Gasteiger partial charge in [-0.05, 0) is 55.5 Å². The Balaban J connectivity index is 2.11. The Morgan fingerprint density at radius 3 is 2.66 bits per heavy atom. The minimum Gasteiger partial charge on any atom is -0.493 e. The number of amides is 1. The molecule has 1 N–H and O–H groups in total. The Labute approximate surface area is 192 Å². The van der Waals surface area contributed by atoms with Gasteiger partial charge >= 0.3 is 5.97 Å². The van der Waals surface area contributed by atoms with E-state index in [0.717, 1.165) is 23.3 Å². The molecule has 1 aromatic heterocycles.